The summed E-state index contributed by atoms with van der Waals surface area (Å²) in [6.07, 6.45) is 1.81. The molecule has 0 aromatic carbocycles. The fourth-order valence-electron chi connectivity index (χ4n) is 3.26. The molecule has 1 atom stereocenters. The molecule has 1 aliphatic heterocycles. The molecule has 1 fully saturated rings. The summed E-state index contributed by atoms with van der Waals surface area (Å²) in [6.45, 7) is 6.60. The zero-order chi connectivity index (χ0) is 18.0. The second-order valence-corrected chi connectivity index (χ2v) is 6.64. The van der Waals surface area contributed by atoms with E-state index in [2.05, 4.69) is 20.3 Å². The van der Waals surface area contributed by atoms with Crippen molar-refractivity contribution in [3.63, 3.8) is 0 Å². The van der Waals surface area contributed by atoms with E-state index in [0.717, 1.165) is 30.8 Å². The van der Waals surface area contributed by atoms with Crippen LogP contribution in [0.1, 0.15) is 34.7 Å². The van der Waals surface area contributed by atoms with Crippen LogP contribution in [0.5, 0.6) is 0 Å². The second-order valence-electron chi connectivity index (χ2n) is 6.64. The molecule has 3 N–H and O–H groups in total. The Morgan fingerprint density at radius 2 is 2.16 bits per heavy atom. The molecule has 3 rings (SSSR count). The molecule has 134 valence electrons. The number of hydrogen-bond acceptors (Lipinski definition) is 5. The van der Waals surface area contributed by atoms with Crippen molar-refractivity contribution in [2.24, 2.45) is 11.7 Å². The van der Waals surface area contributed by atoms with E-state index in [1.54, 1.807) is 10.6 Å². The van der Waals surface area contributed by atoms with E-state index in [1.807, 2.05) is 19.9 Å². The number of rotatable bonds is 5. The second kappa shape index (κ2) is 7.18. The molecule has 8 heteroatoms. The summed E-state index contributed by atoms with van der Waals surface area (Å²) in [5.74, 6) is -0.521. The summed E-state index contributed by atoms with van der Waals surface area (Å²) in [7, 11) is 0. The van der Waals surface area contributed by atoms with Gasteiger partial charge in [-0.25, -0.2) is 9.50 Å². The van der Waals surface area contributed by atoms with Crippen molar-refractivity contribution in [2.45, 2.75) is 26.7 Å². The van der Waals surface area contributed by atoms with Gasteiger partial charge >= 0.3 is 0 Å². The largest absolute Gasteiger partial charge is 0.369 e. The first-order valence-electron chi connectivity index (χ1n) is 8.58. The first-order valence-corrected chi connectivity index (χ1v) is 8.58. The van der Waals surface area contributed by atoms with Gasteiger partial charge in [0.1, 0.15) is 5.69 Å². The summed E-state index contributed by atoms with van der Waals surface area (Å²) in [5, 5.41) is 7.24. The van der Waals surface area contributed by atoms with Crippen LogP contribution in [-0.4, -0.2) is 57.5 Å². The molecule has 3 heterocycles. The number of nitrogens with one attached hydrogen (secondary N) is 1. The number of nitrogens with two attached hydrogens (primary N) is 1. The van der Waals surface area contributed by atoms with Gasteiger partial charge in [-0.3, -0.25) is 9.59 Å². The SMILES string of the molecule is Cc1cc2nc(C(=O)NCCN3CCC[C@H](C(N)=O)C3)cc(C)n2n1. The van der Waals surface area contributed by atoms with Gasteiger partial charge in [0.05, 0.1) is 11.6 Å². The van der Waals surface area contributed by atoms with Crippen LogP contribution in [0.25, 0.3) is 5.65 Å². The molecular formula is C17H24N6O2. The number of aromatic nitrogens is 3. The molecular weight excluding hydrogens is 320 g/mol. The third kappa shape index (κ3) is 3.96. The molecule has 25 heavy (non-hydrogen) atoms. The zero-order valence-electron chi connectivity index (χ0n) is 14.7. The van der Waals surface area contributed by atoms with Crippen LogP contribution >= 0.6 is 0 Å². The van der Waals surface area contributed by atoms with Crippen LogP contribution in [0.4, 0.5) is 0 Å². The number of primary amides is 1. The standard InChI is InChI=1S/C17H24N6O2/c1-11-8-15-20-14(9-12(2)23(15)21-11)17(25)19-5-7-22-6-3-4-13(10-22)16(18)24/h8-9,13H,3-7,10H2,1-2H3,(H2,18,24)(H,19,25)/t13-/m0/s1. The number of piperidine rings is 1. The van der Waals surface area contributed by atoms with Crippen molar-refractivity contribution in [2.75, 3.05) is 26.2 Å². The average molecular weight is 344 g/mol. The van der Waals surface area contributed by atoms with Crippen LogP contribution in [0.15, 0.2) is 12.1 Å². The van der Waals surface area contributed by atoms with Crippen LogP contribution in [0.2, 0.25) is 0 Å². The van der Waals surface area contributed by atoms with Gasteiger partial charge in [-0.1, -0.05) is 0 Å². The lowest BCUT2D eigenvalue weighted by atomic mass is 9.97. The predicted molar refractivity (Wildman–Crippen MR) is 93.2 cm³/mol. The Hall–Kier alpha value is -2.48. The molecule has 1 aliphatic rings. The molecule has 2 amide bonds. The summed E-state index contributed by atoms with van der Waals surface area (Å²) in [5.41, 5.74) is 8.18. The number of likely N-dealkylation sites (tertiary alicyclic amines) is 1. The number of hydrogen-bond donors (Lipinski definition) is 2. The third-order valence-electron chi connectivity index (χ3n) is 4.58. The third-order valence-corrected chi connectivity index (χ3v) is 4.58. The lowest BCUT2D eigenvalue weighted by Crippen LogP contribution is -2.44. The molecule has 2 aromatic rings. The molecule has 0 radical (unpaired) electrons. The molecule has 0 bridgehead atoms. The summed E-state index contributed by atoms with van der Waals surface area (Å²) in [4.78, 5) is 30.2. The minimum Gasteiger partial charge on any atom is -0.369 e. The highest BCUT2D eigenvalue weighted by Gasteiger charge is 2.23. The lowest BCUT2D eigenvalue weighted by molar-refractivity contribution is -0.123. The summed E-state index contributed by atoms with van der Waals surface area (Å²) in [6, 6.07) is 3.58. The first-order chi connectivity index (χ1) is 11.9. The van der Waals surface area contributed by atoms with E-state index >= 15 is 0 Å². The fourth-order valence-corrected chi connectivity index (χ4v) is 3.26. The summed E-state index contributed by atoms with van der Waals surface area (Å²) < 4.78 is 1.73. The number of carbonyl (C=O) groups excluding carboxylic acids is 2. The lowest BCUT2D eigenvalue weighted by Gasteiger charge is -2.31. The predicted octanol–water partition coefficient (Wildman–Crippen LogP) is 0.273. The number of carbonyl (C=O) groups is 2. The van der Waals surface area contributed by atoms with Crippen molar-refractivity contribution in [3.8, 4) is 0 Å². The summed E-state index contributed by atoms with van der Waals surface area (Å²) >= 11 is 0. The van der Waals surface area contributed by atoms with Gasteiger partial charge in [-0.05, 0) is 39.3 Å². The van der Waals surface area contributed by atoms with Gasteiger partial charge in [0, 0.05) is 31.4 Å². The van der Waals surface area contributed by atoms with Gasteiger partial charge in [0.2, 0.25) is 5.91 Å². The van der Waals surface area contributed by atoms with Crippen molar-refractivity contribution in [3.05, 3.63) is 29.2 Å². The smallest absolute Gasteiger partial charge is 0.270 e. The van der Waals surface area contributed by atoms with Gasteiger partial charge in [-0.15, -0.1) is 0 Å². The molecule has 1 saturated heterocycles. The van der Waals surface area contributed by atoms with Crippen LogP contribution in [0.3, 0.4) is 0 Å². The number of fused-ring (bicyclic) bond motifs is 1. The fraction of sp³-hybridized carbons (Fsp3) is 0.529. The Balaban J connectivity index is 1.57. The minimum absolute atomic E-state index is 0.0821. The van der Waals surface area contributed by atoms with Crippen molar-refractivity contribution in [1.82, 2.24) is 24.8 Å². The van der Waals surface area contributed by atoms with E-state index in [4.69, 9.17) is 5.73 Å². The first kappa shape index (κ1) is 17.3. The van der Waals surface area contributed by atoms with E-state index in [1.165, 1.54) is 0 Å². The molecule has 8 nitrogen and oxygen atoms in total. The Labute approximate surface area is 146 Å². The molecule has 2 aromatic heterocycles. The number of amides is 2. The van der Waals surface area contributed by atoms with Gasteiger partial charge in [0.25, 0.3) is 5.91 Å². The average Bonchev–Trinajstić information content (AvgIpc) is 2.96. The zero-order valence-corrected chi connectivity index (χ0v) is 14.7. The highest BCUT2D eigenvalue weighted by molar-refractivity contribution is 5.92. The Morgan fingerprint density at radius 1 is 1.36 bits per heavy atom. The quantitative estimate of drug-likeness (QED) is 0.810. The number of nitrogens with zero attached hydrogens (tertiary/aromatic N) is 4. The maximum Gasteiger partial charge on any atom is 0.270 e. The monoisotopic (exact) mass is 344 g/mol. The number of aryl methyl sites for hydroxylation is 2. The van der Waals surface area contributed by atoms with Gasteiger partial charge in [-0.2, -0.15) is 5.10 Å². The molecule has 0 spiro atoms. The highest BCUT2D eigenvalue weighted by atomic mass is 16.2. The van der Waals surface area contributed by atoms with Crippen molar-refractivity contribution in [1.29, 1.82) is 0 Å². The maximum atomic E-state index is 12.4. The van der Waals surface area contributed by atoms with Crippen LogP contribution in [0, 0.1) is 19.8 Å². The van der Waals surface area contributed by atoms with E-state index in [-0.39, 0.29) is 17.7 Å². The van der Waals surface area contributed by atoms with E-state index < -0.39 is 0 Å². The van der Waals surface area contributed by atoms with E-state index in [9.17, 15) is 9.59 Å². The highest BCUT2D eigenvalue weighted by Crippen LogP contribution is 2.15. The van der Waals surface area contributed by atoms with Crippen LogP contribution in [-0.2, 0) is 4.79 Å². The van der Waals surface area contributed by atoms with Gasteiger partial charge in [0.15, 0.2) is 5.65 Å². The maximum absolute atomic E-state index is 12.4. The van der Waals surface area contributed by atoms with Crippen molar-refractivity contribution >= 4 is 17.5 Å². The van der Waals surface area contributed by atoms with E-state index in [0.29, 0.717) is 31.0 Å². The normalized spacial score (nSPS) is 18.4. The topological polar surface area (TPSA) is 106 Å². The Morgan fingerprint density at radius 3 is 2.92 bits per heavy atom. The minimum atomic E-state index is -0.238. The molecule has 0 unspecified atom stereocenters. The van der Waals surface area contributed by atoms with Crippen LogP contribution < -0.4 is 11.1 Å². The molecule has 0 aliphatic carbocycles. The molecule has 0 saturated carbocycles. The Kier molecular flexibility index (Phi) is 4.98. The van der Waals surface area contributed by atoms with Gasteiger partial charge < -0.3 is 16.0 Å². The Bertz CT molecular complexity index is 800. The van der Waals surface area contributed by atoms with Crippen molar-refractivity contribution < 1.29 is 9.59 Å².